The normalized spacial score (nSPS) is 17.7. The number of likely N-dealkylation sites (tertiary alicyclic amines) is 1. The number of ketones is 1. The van der Waals surface area contributed by atoms with E-state index < -0.39 is 5.82 Å². The summed E-state index contributed by atoms with van der Waals surface area (Å²) < 4.78 is 12.9. The highest BCUT2D eigenvalue weighted by atomic mass is 32.1. The minimum atomic E-state index is -0.470. The zero-order valence-corrected chi connectivity index (χ0v) is 12.7. The van der Waals surface area contributed by atoms with Crippen LogP contribution >= 0.6 is 11.3 Å². The van der Waals surface area contributed by atoms with Crippen molar-refractivity contribution in [3.8, 4) is 0 Å². The molecule has 0 aromatic carbocycles. The van der Waals surface area contributed by atoms with E-state index in [1.54, 1.807) is 11.0 Å². The maximum Gasteiger partial charge on any atom is 0.272 e. The first-order chi connectivity index (χ1) is 10.6. The lowest BCUT2D eigenvalue weighted by Gasteiger charge is -2.23. The predicted molar refractivity (Wildman–Crippen MR) is 81.5 cm³/mol. The van der Waals surface area contributed by atoms with Crippen LogP contribution < -0.4 is 0 Å². The van der Waals surface area contributed by atoms with Crippen molar-refractivity contribution in [2.75, 3.05) is 6.54 Å². The molecule has 0 bridgehead atoms. The molecule has 4 nitrogen and oxygen atoms in total. The number of carbonyl (C=O) groups excluding carboxylic acids is 2. The standard InChI is InChI=1S/C16H15FN2O2S/c17-11-5-6-13(18-10-11)16(21)19-7-1-3-12(19)9-14(20)15-4-2-8-22-15/h2,4-6,8,10,12H,1,3,7,9H2/t12-/m0/s1. The lowest BCUT2D eigenvalue weighted by molar-refractivity contribution is 0.0712. The Balaban J connectivity index is 1.71. The summed E-state index contributed by atoms with van der Waals surface area (Å²) in [5.41, 5.74) is 0.219. The highest BCUT2D eigenvalue weighted by molar-refractivity contribution is 7.12. The predicted octanol–water partition coefficient (Wildman–Crippen LogP) is 3.16. The molecular weight excluding hydrogens is 303 g/mol. The second kappa shape index (κ2) is 6.36. The third kappa shape index (κ3) is 3.06. The van der Waals surface area contributed by atoms with Crippen molar-refractivity contribution < 1.29 is 14.0 Å². The van der Waals surface area contributed by atoms with Gasteiger partial charge in [0.25, 0.3) is 5.91 Å². The molecule has 0 radical (unpaired) electrons. The third-order valence-electron chi connectivity index (χ3n) is 3.80. The van der Waals surface area contributed by atoms with Crippen molar-refractivity contribution in [2.24, 2.45) is 0 Å². The van der Waals surface area contributed by atoms with Crippen LogP contribution in [0.25, 0.3) is 0 Å². The molecule has 1 aliphatic rings. The van der Waals surface area contributed by atoms with Gasteiger partial charge in [-0.05, 0) is 36.4 Å². The summed E-state index contributed by atoms with van der Waals surface area (Å²) in [5, 5.41) is 1.87. The number of amides is 1. The molecule has 3 heterocycles. The molecule has 1 saturated heterocycles. The van der Waals surface area contributed by atoms with Gasteiger partial charge in [0, 0.05) is 19.0 Å². The van der Waals surface area contributed by atoms with Crippen LogP contribution in [0.5, 0.6) is 0 Å². The third-order valence-corrected chi connectivity index (χ3v) is 4.71. The van der Waals surface area contributed by atoms with Gasteiger partial charge in [0.05, 0.1) is 11.1 Å². The molecule has 114 valence electrons. The van der Waals surface area contributed by atoms with Crippen molar-refractivity contribution in [1.29, 1.82) is 0 Å². The van der Waals surface area contributed by atoms with Crippen LogP contribution in [0.4, 0.5) is 4.39 Å². The number of carbonyl (C=O) groups is 2. The van der Waals surface area contributed by atoms with Gasteiger partial charge in [0.2, 0.25) is 0 Å². The van der Waals surface area contributed by atoms with Crippen LogP contribution in [0, 0.1) is 5.82 Å². The van der Waals surface area contributed by atoms with Gasteiger partial charge in [-0.25, -0.2) is 9.37 Å². The summed E-state index contributed by atoms with van der Waals surface area (Å²) in [6, 6.07) is 6.15. The lowest BCUT2D eigenvalue weighted by Crippen LogP contribution is -2.37. The second-order valence-electron chi connectivity index (χ2n) is 5.26. The van der Waals surface area contributed by atoms with E-state index in [1.807, 2.05) is 11.4 Å². The first-order valence-corrected chi connectivity index (χ1v) is 8.02. The Morgan fingerprint density at radius 1 is 1.36 bits per heavy atom. The number of halogens is 1. The highest BCUT2D eigenvalue weighted by Gasteiger charge is 2.31. The lowest BCUT2D eigenvalue weighted by atomic mass is 10.1. The van der Waals surface area contributed by atoms with Gasteiger partial charge in [-0.1, -0.05) is 6.07 Å². The van der Waals surface area contributed by atoms with E-state index in [9.17, 15) is 14.0 Å². The fraction of sp³-hybridized carbons (Fsp3) is 0.312. The Bertz CT molecular complexity index is 670. The molecule has 1 aliphatic heterocycles. The first-order valence-electron chi connectivity index (χ1n) is 7.14. The maximum absolute atomic E-state index is 12.9. The molecule has 6 heteroatoms. The minimum Gasteiger partial charge on any atom is -0.334 e. The zero-order valence-electron chi connectivity index (χ0n) is 11.9. The van der Waals surface area contributed by atoms with Crippen molar-refractivity contribution >= 4 is 23.0 Å². The summed E-state index contributed by atoms with van der Waals surface area (Å²) in [7, 11) is 0. The number of rotatable bonds is 4. The fourth-order valence-electron chi connectivity index (χ4n) is 2.72. The highest BCUT2D eigenvalue weighted by Crippen LogP contribution is 2.24. The van der Waals surface area contributed by atoms with Gasteiger partial charge >= 0.3 is 0 Å². The molecule has 0 aliphatic carbocycles. The van der Waals surface area contributed by atoms with Crippen LogP contribution in [0.1, 0.15) is 39.4 Å². The molecule has 22 heavy (non-hydrogen) atoms. The van der Waals surface area contributed by atoms with Gasteiger partial charge in [-0.3, -0.25) is 9.59 Å². The smallest absolute Gasteiger partial charge is 0.272 e. The molecule has 0 spiro atoms. The van der Waals surface area contributed by atoms with Crippen molar-refractivity contribution in [3.63, 3.8) is 0 Å². The molecule has 2 aromatic heterocycles. The average molecular weight is 318 g/mol. The van der Waals surface area contributed by atoms with Gasteiger partial charge < -0.3 is 4.90 Å². The molecule has 0 N–H and O–H groups in total. The van der Waals surface area contributed by atoms with Crippen molar-refractivity contribution in [2.45, 2.75) is 25.3 Å². The number of hydrogen-bond donors (Lipinski definition) is 0. The Hall–Kier alpha value is -2.08. The van der Waals surface area contributed by atoms with Crippen LogP contribution in [0.2, 0.25) is 0 Å². The topological polar surface area (TPSA) is 50.3 Å². The van der Waals surface area contributed by atoms with E-state index >= 15 is 0 Å². The Morgan fingerprint density at radius 2 is 2.23 bits per heavy atom. The number of thiophene rings is 1. The minimum absolute atomic E-state index is 0.0618. The van der Waals surface area contributed by atoms with Crippen molar-refractivity contribution in [3.05, 3.63) is 52.2 Å². The molecule has 1 fully saturated rings. The quantitative estimate of drug-likeness (QED) is 0.814. The van der Waals surface area contributed by atoms with E-state index in [1.165, 1.54) is 23.5 Å². The van der Waals surface area contributed by atoms with E-state index in [0.29, 0.717) is 13.0 Å². The summed E-state index contributed by atoms with van der Waals surface area (Å²) in [4.78, 5) is 30.9. The largest absolute Gasteiger partial charge is 0.334 e. The number of pyridine rings is 1. The number of aromatic nitrogens is 1. The summed E-state index contributed by atoms with van der Waals surface area (Å²) in [5.74, 6) is -0.643. The van der Waals surface area contributed by atoms with Gasteiger partial charge in [-0.15, -0.1) is 11.3 Å². The molecular formula is C16H15FN2O2S. The van der Waals surface area contributed by atoms with Gasteiger partial charge in [0.1, 0.15) is 11.5 Å². The molecule has 1 amide bonds. The van der Waals surface area contributed by atoms with Crippen LogP contribution in [0.3, 0.4) is 0 Å². The first kappa shape index (κ1) is 14.8. The zero-order chi connectivity index (χ0) is 15.5. The molecule has 1 atom stereocenters. The van der Waals surface area contributed by atoms with Crippen molar-refractivity contribution in [1.82, 2.24) is 9.88 Å². The second-order valence-corrected chi connectivity index (χ2v) is 6.21. The number of hydrogen-bond acceptors (Lipinski definition) is 4. The maximum atomic E-state index is 12.9. The van der Waals surface area contributed by atoms with Gasteiger partial charge in [0.15, 0.2) is 5.78 Å². The van der Waals surface area contributed by atoms with Crippen LogP contribution in [-0.2, 0) is 0 Å². The number of nitrogens with zero attached hydrogens (tertiary/aromatic N) is 2. The summed E-state index contributed by atoms with van der Waals surface area (Å²) in [6.45, 7) is 0.611. The van der Waals surface area contributed by atoms with E-state index in [-0.39, 0.29) is 23.4 Å². The molecule has 0 unspecified atom stereocenters. The average Bonchev–Trinajstić information content (AvgIpc) is 3.18. The van der Waals surface area contributed by atoms with Crippen LogP contribution in [-0.4, -0.2) is 34.2 Å². The summed E-state index contributed by atoms with van der Waals surface area (Å²) >= 11 is 1.42. The SMILES string of the molecule is O=C(C[C@@H]1CCCN1C(=O)c1ccc(F)cn1)c1cccs1. The number of Topliss-reactive ketones (excluding diaryl/α,β-unsaturated/α-hetero) is 1. The Labute approximate surface area is 131 Å². The fourth-order valence-corrected chi connectivity index (χ4v) is 3.39. The molecule has 0 saturated carbocycles. The molecule has 3 rings (SSSR count). The monoisotopic (exact) mass is 318 g/mol. The Kier molecular flexibility index (Phi) is 4.29. The van der Waals surface area contributed by atoms with E-state index in [2.05, 4.69) is 4.98 Å². The van der Waals surface area contributed by atoms with E-state index in [0.717, 1.165) is 23.9 Å². The van der Waals surface area contributed by atoms with Gasteiger partial charge in [-0.2, -0.15) is 0 Å². The Morgan fingerprint density at radius 3 is 2.91 bits per heavy atom. The molecule has 2 aromatic rings. The van der Waals surface area contributed by atoms with Crippen LogP contribution in [0.15, 0.2) is 35.8 Å². The summed E-state index contributed by atoms with van der Waals surface area (Å²) in [6.07, 6.45) is 3.04. The van der Waals surface area contributed by atoms with E-state index in [4.69, 9.17) is 0 Å².